The molecule has 1 fully saturated rings. The second kappa shape index (κ2) is 4.27. The Morgan fingerprint density at radius 2 is 2.58 bits per heavy atom. The van der Waals surface area contributed by atoms with Crippen molar-refractivity contribution in [2.45, 2.75) is 6.04 Å². The van der Waals surface area contributed by atoms with Crippen molar-refractivity contribution < 1.29 is 9.53 Å². The van der Waals surface area contributed by atoms with E-state index in [-0.39, 0.29) is 12.1 Å². The van der Waals surface area contributed by atoms with Crippen LogP contribution in [-0.4, -0.2) is 50.3 Å². The van der Waals surface area contributed by atoms with Crippen LogP contribution >= 0.6 is 0 Å². The molecular weight excluding hydrogens is 158 g/mol. The van der Waals surface area contributed by atoms with E-state index in [4.69, 9.17) is 5.73 Å². The smallest absolute Gasteiger partial charge is 0.409 e. The molecule has 1 unspecified atom stereocenters. The lowest BCUT2D eigenvalue weighted by Gasteiger charge is -2.34. The molecule has 0 aromatic heterocycles. The van der Waals surface area contributed by atoms with Gasteiger partial charge in [0.05, 0.1) is 13.2 Å². The van der Waals surface area contributed by atoms with Crippen molar-refractivity contribution in [2.24, 2.45) is 5.73 Å². The van der Waals surface area contributed by atoms with Crippen LogP contribution in [0.4, 0.5) is 4.79 Å². The zero-order chi connectivity index (χ0) is 8.97. The molecule has 0 aromatic carbocycles. The molecule has 0 radical (unpaired) electrons. The molecule has 1 saturated heterocycles. The summed E-state index contributed by atoms with van der Waals surface area (Å²) < 4.78 is 4.63. The summed E-state index contributed by atoms with van der Waals surface area (Å²) in [6.45, 7) is 2.72. The molecule has 1 rings (SSSR count). The lowest BCUT2D eigenvalue weighted by molar-refractivity contribution is 0.0964. The van der Waals surface area contributed by atoms with Gasteiger partial charge < -0.3 is 20.7 Å². The summed E-state index contributed by atoms with van der Waals surface area (Å²) in [7, 11) is 1.39. The summed E-state index contributed by atoms with van der Waals surface area (Å²) in [5.74, 6) is 0. The third kappa shape index (κ3) is 1.86. The van der Waals surface area contributed by atoms with Crippen molar-refractivity contribution in [1.29, 1.82) is 0 Å². The number of amides is 1. The Kier molecular flexibility index (Phi) is 3.31. The van der Waals surface area contributed by atoms with Gasteiger partial charge in [-0.1, -0.05) is 0 Å². The van der Waals surface area contributed by atoms with E-state index >= 15 is 0 Å². The maximum atomic E-state index is 11.2. The molecule has 70 valence electrons. The fraction of sp³-hybridized carbons (Fsp3) is 0.857. The molecule has 0 spiro atoms. The highest BCUT2D eigenvalue weighted by Gasteiger charge is 2.25. The summed E-state index contributed by atoms with van der Waals surface area (Å²) in [6.07, 6.45) is -0.285. The van der Waals surface area contributed by atoms with Crippen molar-refractivity contribution in [3.63, 3.8) is 0 Å². The molecule has 1 atom stereocenters. The van der Waals surface area contributed by atoms with Gasteiger partial charge in [0.15, 0.2) is 0 Å². The van der Waals surface area contributed by atoms with E-state index in [1.165, 1.54) is 7.11 Å². The summed E-state index contributed by atoms with van der Waals surface area (Å²) in [5, 5.41) is 3.17. The van der Waals surface area contributed by atoms with Gasteiger partial charge in [0.1, 0.15) is 0 Å². The zero-order valence-corrected chi connectivity index (χ0v) is 7.25. The molecule has 12 heavy (non-hydrogen) atoms. The van der Waals surface area contributed by atoms with Crippen LogP contribution in [0.15, 0.2) is 0 Å². The molecule has 5 nitrogen and oxygen atoms in total. The van der Waals surface area contributed by atoms with Crippen LogP contribution in [0.1, 0.15) is 0 Å². The monoisotopic (exact) mass is 173 g/mol. The first-order valence-electron chi connectivity index (χ1n) is 4.05. The number of nitrogens with one attached hydrogen (secondary N) is 1. The maximum Gasteiger partial charge on any atom is 0.409 e. The van der Waals surface area contributed by atoms with Crippen molar-refractivity contribution in [1.82, 2.24) is 10.2 Å². The van der Waals surface area contributed by atoms with E-state index in [9.17, 15) is 4.79 Å². The normalized spacial score (nSPS) is 23.8. The number of carbonyl (C=O) groups is 1. The van der Waals surface area contributed by atoms with E-state index in [1.807, 2.05) is 0 Å². The molecule has 0 bridgehead atoms. The largest absolute Gasteiger partial charge is 0.453 e. The molecule has 1 aliphatic heterocycles. The third-order valence-corrected chi connectivity index (χ3v) is 2.03. The van der Waals surface area contributed by atoms with Gasteiger partial charge in [-0.25, -0.2) is 4.79 Å². The Morgan fingerprint density at radius 1 is 1.83 bits per heavy atom. The van der Waals surface area contributed by atoms with Crippen LogP contribution in [0.2, 0.25) is 0 Å². The zero-order valence-electron chi connectivity index (χ0n) is 7.25. The van der Waals surface area contributed by atoms with Crippen LogP contribution < -0.4 is 11.1 Å². The fourth-order valence-corrected chi connectivity index (χ4v) is 1.33. The Bertz CT molecular complexity index is 163. The van der Waals surface area contributed by atoms with Crippen molar-refractivity contribution in [3.8, 4) is 0 Å². The minimum atomic E-state index is -0.285. The number of rotatable bonds is 1. The molecule has 0 aliphatic carbocycles. The predicted octanol–water partition coefficient (Wildman–Crippen LogP) is -1.01. The van der Waals surface area contributed by atoms with Gasteiger partial charge in [0.2, 0.25) is 0 Å². The highest BCUT2D eigenvalue weighted by molar-refractivity contribution is 5.68. The van der Waals surface area contributed by atoms with Gasteiger partial charge in [-0.05, 0) is 0 Å². The second-order valence-corrected chi connectivity index (χ2v) is 2.76. The van der Waals surface area contributed by atoms with Crippen LogP contribution in [0.5, 0.6) is 0 Å². The minimum Gasteiger partial charge on any atom is -0.453 e. The number of nitrogens with two attached hydrogens (primary N) is 1. The Balaban J connectivity index is 2.52. The molecule has 0 saturated carbocycles. The topological polar surface area (TPSA) is 67.6 Å². The third-order valence-electron chi connectivity index (χ3n) is 2.03. The Labute approximate surface area is 71.8 Å². The summed E-state index contributed by atoms with van der Waals surface area (Å²) in [4.78, 5) is 12.8. The van der Waals surface area contributed by atoms with E-state index in [1.54, 1.807) is 4.90 Å². The number of piperazine rings is 1. The highest BCUT2D eigenvalue weighted by atomic mass is 16.5. The summed E-state index contributed by atoms with van der Waals surface area (Å²) in [6, 6.07) is 0.0752. The molecule has 1 aliphatic rings. The quantitative estimate of drug-likeness (QED) is 0.533. The Morgan fingerprint density at radius 3 is 3.17 bits per heavy atom. The molecule has 0 aromatic rings. The first kappa shape index (κ1) is 9.28. The van der Waals surface area contributed by atoms with Crippen LogP contribution in [0, 0.1) is 0 Å². The Hall–Kier alpha value is -0.810. The van der Waals surface area contributed by atoms with Gasteiger partial charge in [0, 0.05) is 26.2 Å². The second-order valence-electron chi connectivity index (χ2n) is 2.76. The molecule has 3 N–H and O–H groups in total. The minimum absolute atomic E-state index is 0.0752. The molecule has 1 heterocycles. The predicted molar refractivity (Wildman–Crippen MR) is 44.8 cm³/mol. The average molecular weight is 173 g/mol. The van der Waals surface area contributed by atoms with Crippen molar-refractivity contribution >= 4 is 6.09 Å². The standard InChI is InChI=1S/C7H15N3O2/c1-12-7(11)10-3-2-9-5-6(10)4-8/h6,9H,2-5,8H2,1H3. The SMILES string of the molecule is COC(=O)N1CCNCC1CN. The maximum absolute atomic E-state index is 11.2. The van der Waals surface area contributed by atoms with Gasteiger partial charge in [-0.3, -0.25) is 0 Å². The van der Waals surface area contributed by atoms with Gasteiger partial charge in [-0.15, -0.1) is 0 Å². The molecule has 1 amide bonds. The van der Waals surface area contributed by atoms with Crippen LogP contribution in [0.25, 0.3) is 0 Å². The molecular formula is C7H15N3O2. The fourth-order valence-electron chi connectivity index (χ4n) is 1.33. The van der Waals surface area contributed by atoms with E-state index in [2.05, 4.69) is 10.1 Å². The first-order valence-corrected chi connectivity index (χ1v) is 4.05. The van der Waals surface area contributed by atoms with Crippen LogP contribution in [-0.2, 0) is 4.74 Å². The average Bonchev–Trinajstić information content (AvgIpc) is 2.16. The number of ether oxygens (including phenoxy) is 1. The van der Waals surface area contributed by atoms with E-state index in [0.717, 1.165) is 13.1 Å². The number of carbonyl (C=O) groups excluding carboxylic acids is 1. The number of hydrogen-bond acceptors (Lipinski definition) is 4. The molecule has 5 heteroatoms. The summed E-state index contributed by atoms with van der Waals surface area (Å²) >= 11 is 0. The summed E-state index contributed by atoms with van der Waals surface area (Å²) in [5.41, 5.74) is 5.50. The van der Waals surface area contributed by atoms with Gasteiger partial charge in [-0.2, -0.15) is 0 Å². The first-order chi connectivity index (χ1) is 5.79. The lowest BCUT2D eigenvalue weighted by atomic mass is 10.2. The highest BCUT2D eigenvalue weighted by Crippen LogP contribution is 2.03. The van der Waals surface area contributed by atoms with Crippen LogP contribution in [0.3, 0.4) is 0 Å². The number of hydrogen-bond donors (Lipinski definition) is 2. The van der Waals surface area contributed by atoms with Crippen molar-refractivity contribution in [2.75, 3.05) is 33.3 Å². The van der Waals surface area contributed by atoms with Gasteiger partial charge in [0.25, 0.3) is 0 Å². The number of nitrogens with zero attached hydrogens (tertiary/aromatic N) is 1. The lowest BCUT2D eigenvalue weighted by Crippen LogP contribution is -2.56. The van der Waals surface area contributed by atoms with E-state index < -0.39 is 0 Å². The van der Waals surface area contributed by atoms with Gasteiger partial charge >= 0.3 is 6.09 Å². The van der Waals surface area contributed by atoms with Crippen molar-refractivity contribution in [3.05, 3.63) is 0 Å². The number of methoxy groups -OCH3 is 1. The van der Waals surface area contributed by atoms with E-state index in [0.29, 0.717) is 13.1 Å².